The molecule has 0 aliphatic heterocycles. The minimum absolute atomic E-state index is 0.125. The smallest absolute Gasteiger partial charge is 0.317 e. The van der Waals surface area contributed by atoms with Gasteiger partial charge in [-0.3, -0.25) is 9.59 Å². The van der Waals surface area contributed by atoms with Crippen LogP contribution in [0.4, 0.5) is 0 Å². The molecule has 0 heterocycles. The van der Waals surface area contributed by atoms with Crippen LogP contribution in [0, 0.1) is 5.92 Å². The molecule has 0 rings (SSSR count). The lowest BCUT2D eigenvalue weighted by Gasteiger charge is -2.02. The van der Waals surface area contributed by atoms with Crippen LogP contribution in [0.25, 0.3) is 0 Å². The van der Waals surface area contributed by atoms with Gasteiger partial charge in [0.2, 0.25) is 0 Å². The summed E-state index contributed by atoms with van der Waals surface area (Å²) in [5.41, 5.74) is 0. The Balaban J connectivity index is 0. The largest absolute Gasteiger partial charge is 0.481 e. The van der Waals surface area contributed by atoms with E-state index in [9.17, 15) is 9.59 Å². The highest BCUT2D eigenvalue weighted by Crippen LogP contribution is 2.05. The van der Waals surface area contributed by atoms with E-state index in [0.717, 1.165) is 0 Å². The molecule has 0 saturated heterocycles. The van der Waals surface area contributed by atoms with Gasteiger partial charge in [-0.25, -0.2) is 0 Å². The zero-order valence-electron chi connectivity index (χ0n) is 8.01. The van der Waals surface area contributed by atoms with E-state index in [0.29, 0.717) is 6.42 Å². The molecule has 0 aliphatic carbocycles. The molecule has 14 heavy (non-hydrogen) atoms. The normalized spacial score (nSPS) is 9.14. The summed E-state index contributed by atoms with van der Waals surface area (Å²) in [5, 5.41) is 31.8. The van der Waals surface area contributed by atoms with Crippen LogP contribution < -0.4 is 0 Å². The second-order valence-corrected chi connectivity index (χ2v) is 2.46. The summed E-state index contributed by atoms with van der Waals surface area (Å²) in [6, 6.07) is 0. The molecule has 4 N–H and O–H groups in total. The molecule has 0 aromatic carbocycles. The number of carbonyl (C=O) groups is 2. The van der Waals surface area contributed by atoms with Gasteiger partial charge in [-0.2, -0.15) is 0 Å². The summed E-state index contributed by atoms with van der Waals surface area (Å²) >= 11 is 0. The minimum Gasteiger partial charge on any atom is -0.481 e. The van der Waals surface area contributed by atoms with Crippen molar-refractivity contribution in [3.63, 3.8) is 0 Å². The number of aliphatic hydroxyl groups excluding tert-OH is 2. The lowest BCUT2D eigenvalue weighted by Crippen LogP contribution is -2.22. The van der Waals surface area contributed by atoms with Crippen LogP contribution in [0.5, 0.6) is 0 Å². The van der Waals surface area contributed by atoms with Crippen LogP contribution in [0.3, 0.4) is 0 Å². The molecule has 0 unspecified atom stereocenters. The Bertz CT molecular complexity index is 151. The maximum atomic E-state index is 10.2. The third-order valence-corrected chi connectivity index (χ3v) is 1.27. The average molecular weight is 208 g/mol. The number of carboxylic acid groups (broad SMARTS) is 2. The van der Waals surface area contributed by atoms with Crippen molar-refractivity contribution in [2.75, 3.05) is 13.2 Å². The monoisotopic (exact) mass is 208 g/mol. The first kappa shape index (κ1) is 15.3. The van der Waals surface area contributed by atoms with Gasteiger partial charge in [-0.1, -0.05) is 13.3 Å². The minimum atomic E-state index is -1.26. The van der Waals surface area contributed by atoms with Crippen molar-refractivity contribution in [3.05, 3.63) is 0 Å². The molecule has 0 radical (unpaired) electrons. The van der Waals surface area contributed by atoms with Gasteiger partial charge in [0.1, 0.15) is 0 Å². The molecule has 0 aromatic rings. The Morgan fingerprint density at radius 3 is 1.50 bits per heavy atom. The zero-order chi connectivity index (χ0) is 11.6. The highest BCUT2D eigenvalue weighted by Gasteiger charge is 2.23. The number of aliphatic hydroxyl groups is 2. The number of rotatable bonds is 5. The molecule has 0 atom stereocenters. The molecular formula is C8H16O6. The van der Waals surface area contributed by atoms with E-state index >= 15 is 0 Å². The third kappa shape index (κ3) is 8.95. The fourth-order valence-electron chi connectivity index (χ4n) is 0.641. The Morgan fingerprint density at radius 2 is 1.43 bits per heavy atom. The number of carboxylic acids is 2. The van der Waals surface area contributed by atoms with Gasteiger partial charge < -0.3 is 20.4 Å². The Kier molecular flexibility index (Phi) is 10.9. The zero-order valence-corrected chi connectivity index (χ0v) is 8.01. The van der Waals surface area contributed by atoms with Gasteiger partial charge in [-0.05, 0) is 6.42 Å². The molecule has 0 spiro atoms. The topological polar surface area (TPSA) is 115 Å². The summed E-state index contributed by atoms with van der Waals surface area (Å²) in [5.74, 6) is -3.74. The predicted octanol–water partition coefficient (Wildman–Crippen LogP) is -0.457. The van der Waals surface area contributed by atoms with Crippen LogP contribution in [0.2, 0.25) is 0 Å². The van der Waals surface area contributed by atoms with Crippen molar-refractivity contribution in [1.29, 1.82) is 0 Å². The second-order valence-electron chi connectivity index (χ2n) is 2.46. The van der Waals surface area contributed by atoms with E-state index in [1.165, 1.54) is 0 Å². The van der Waals surface area contributed by atoms with Crippen LogP contribution in [0.1, 0.15) is 19.8 Å². The lowest BCUT2D eigenvalue weighted by atomic mass is 10.1. The quantitative estimate of drug-likeness (QED) is 0.454. The van der Waals surface area contributed by atoms with Crippen molar-refractivity contribution in [2.24, 2.45) is 5.92 Å². The Morgan fingerprint density at radius 1 is 1.07 bits per heavy atom. The third-order valence-electron chi connectivity index (χ3n) is 1.27. The molecule has 84 valence electrons. The lowest BCUT2D eigenvalue weighted by molar-refractivity contribution is -0.154. The van der Waals surface area contributed by atoms with Gasteiger partial charge in [0.25, 0.3) is 0 Å². The fraction of sp³-hybridized carbons (Fsp3) is 0.750. The molecule has 0 bridgehead atoms. The molecule has 0 fully saturated rings. The molecule has 6 heteroatoms. The van der Waals surface area contributed by atoms with Gasteiger partial charge in [-0.15, -0.1) is 0 Å². The van der Waals surface area contributed by atoms with Gasteiger partial charge in [0, 0.05) is 0 Å². The molecule has 0 aromatic heterocycles. The first-order valence-corrected chi connectivity index (χ1v) is 4.18. The van der Waals surface area contributed by atoms with Crippen molar-refractivity contribution in [2.45, 2.75) is 19.8 Å². The van der Waals surface area contributed by atoms with Crippen molar-refractivity contribution >= 4 is 11.9 Å². The van der Waals surface area contributed by atoms with E-state index in [1.54, 1.807) is 6.92 Å². The average Bonchev–Trinajstić information content (AvgIpc) is 2.13. The Hall–Kier alpha value is -1.14. The van der Waals surface area contributed by atoms with E-state index < -0.39 is 17.9 Å². The van der Waals surface area contributed by atoms with Crippen LogP contribution in [-0.4, -0.2) is 45.6 Å². The van der Waals surface area contributed by atoms with Crippen LogP contribution in [0.15, 0.2) is 0 Å². The summed E-state index contributed by atoms with van der Waals surface area (Å²) in [6.07, 6.45) is 0.772. The second kappa shape index (κ2) is 9.94. The van der Waals surface area contributed by atoms with Crippen molar-refractivity contribution in [1.82, 2.24) is 0 Å². The van der Waals surface area contributed by atoms with Crippen molar-refractivity contribution in [3.8, 4) is 0 Å². The Labute approximate surface area is 81.8 Å². The van der Waals surface area contributed by atoms with E-state index in [1.807, 2.05) is 0 Å². The summed E-state index contributed by atoms with van der Waals surface area (Å²) in [6.45, 7) is 1.50. The highest BCUT2D eigenvalue weighted by atomic mass is 16.4. The first-order chi connectivity index (χ1) is 6.51. The number of aliphatic carboxylic acids is 2. The van der Waals surface area contributed by atoms with Gasteiger partial charge in [0.05, 0.1) is 13.2 Å². The van der Waals surface area contributed by atoms with Gasteiger partial charge >= 0.3 is 11.9 Å². The molecule has 6 nitrogen and oxygen atoms in total. The molecule has 0 saturated carbocycles. The first-order valence-electron chi connectivity index (χ1n) is 4.18. The summed E-state index contributed by atoms with van der Waals surface area (Å²) in [7, 11) is 0. The number of hydrogen-bond donors (Lipinski definition) is 4. The van der Waals surface area contributed by atoms with E-state index in [-0.39, 0.29) is 19.6 Å². The molecule has 0 amide bonds. The van der Waals surface area contributed by atoms with Crippen LogP contribution in [-0.2, 0) is 9.59 Å². The SMILES string of the molecule is CCCC(C(=O)O)C(=O)O.OCCO. The number of hydrogen-bond acceptors (Lipinski definition) is 4. The maximum Gasteiger partial charge on any atom is 0.317 e. The highest BCUT2D eigenvalue weighted by molar-refractivity contribution is 5.92. The van der Waals surface area contributed by atoms with E-state index in [2.05, 4.69) is 0 Å². The summed E-state index contributed by atoms with van der Waals surface area (Å²) < 4.78 is 0. The summed E-state index contributed by atoms with van der Waals surface area (Å²) in [4.78, 5) is 20.3. The fourth-order valence-corrected chi connectivity index (χ4v) is 0.641. The van der Waals surface area contributed by atoms with Gasteiger partial charge in [0.15, 0.2) is 5.92 Å². The molecule has 0 aliphatic rings. The van der Waals surface area contributed by atoms with Crippen molar-refractivity contribution < 1.29 is 30.0 Å². The van der Waals surface area contributed by atoms with E-state index in [4.69, 9.17) is 20.4 Å². The van der Waals surface area contributed by atoms with Crippen LogP contribution >= 0.6 is 0 Å². The predicted molar refractivity (Wildman–Crippen MR) is 47.8 cm³/mol. The maximum absolute atomic E-state index is 10.2. The standard InChI is InChI=1S/C6H10O4.C2H6O2/c1-2-3-4(5(7)8)6(9)10;3-1-2-4/h4H,2-3H2,1H3,(H,7,8)(H,9,10);3-4H,1-2H2. The molecular weight excluding hydrogens is 192 g/mol.